The van der Waals surface area contributed by atoms with Gasteiger partial charge in [0.15, 0.2) is 11.5 Å². The number of rotatable bonds is 4. The van der Waals surface area contributed by atoms with Gasteiger partial charge in [0, 0.05) is 44.4 Å². The summed E-state index contributed by atoms with van der Waals surface area (Å²) in [6, 6.07) is 5.51. The van der Waals surface area contributed by atoms with Gasteiger partial charge < -0.3 is 14.9 Å². The number of benzene rings is 2. The zero-order valence-corrected chi connectivity index (χ0v) is 17.0. The summed E-state index contributed by atoms with van der Waals surface area (Å²) in [5.41, 5.74) is 1.59. The van der Waals surface area contributed by atoms with Gasteiger partial charge in [-0.05, 0) is 23.3 Å². The minimum atomic E-state index is -3.85. The summed E-state index contributed by atoms with van der Waals surface area (Å²) >= 11 is 5.84. The fourth-order valence-electron chi connectivity index (χ4n) is 3.74. The minimum Gasteiger partial charge on any atom is -0.504 e. The molecule has 2 aromatic carbocycles. The molecule has 0 spiro atoms. The van der Waals surface area contributed by atoms with Gasteiger partial charge in [-0.1, -0.05) is 17.7 Å². The first-order valence-corrected chi connectivity index (χ1v) is 10.9. The van der Waals surface area contributed by atoms with Gasteiger partial charge in [-0.2, -0.15) is 4.31 Å². The molecular weight excluding hydrogens is 423 g/mol. The fourth-order valence-corrected chi connectivity index (χ4v) is 5.61. The van der Waals surface area contributed by atoms with Gasteiger partial charge >= 0.3 is 0 Å². The van der Waals surface area contributed by atoms with E-state index in [-0.39, 0.29) is 41.8 Å². The van der Waals surface area contributed by atoms with E-state index in [0.717, 1.165) is 11.6 Å². The van der Waals surface area contributed by atoms with E-state index >= 15 is 0 Å². The molecule has 2 aliphatic rings. The third-order valence-corrected chi connectivity index (χ3v) is 7.45. The first-order chi connectivity index (χ1) is 13.8. The van der Waals surface area contributed by atoms with Crippen molar-refractivity contribution in [3.63, 3.8) is 0 Å². The second kappa shape index (κ2) is 7.73. The number of hydrogen-bond donors (Lipinski definition) is 2. The van der Waals surface area contributed by atoms with Gasteiger partial charge in [-0.3, -0.25) is 4.90 Å². The third-order valence-electron chi connectivity index (χ3n) is 5.20. The maximum Gasteiger partial charge on any atom is 0.243 e. The number of nitrogens with zero attached hydrogens (tertiary/aromatic N) is 2. The van der Waals surface area contributed by atoms with Crippen LogP contribution in [0.4, 0.5) is 4.39 Å². The molecule has 0 radical (unpaired) electrons. The molecule has 0 aromatic heterocycles. The van der Waals surface area contributed by atoms with Gasteiger partial charge in [0.1, 0.15) is 5.82 Å². The van der Waals surface area contributed by atoms with Crippen LogP contribution in [-0.4, -0.2) is 54.1 Å². The highest BCUT2D eigenvalue weighted by Gasteiger charge is 2.35. The molecule has 1 fully saturated rings. The zero-order chi connectivity index (χ0) is 20.8. The van der Waals surface area contributed by atoms with E-state index in [1.54, 1.807) is 6.07 Å². The predicted molar refractivity (Wildman–Crippen MR) is 104 cm³/mol. The maximum atomic E-state index is 13.4. The van der Waals surface area contributed by atoms with E-state index in [9.17, 15) is 23.0 Å². The Morgan fingerprint density at radius 1 is 1.10 bits per heavy atom. The first-order valence-electron chi connectivity index (χ1n) is 9.08. The van der Waals surface area contributed by atoms with Crippen LogP contribution in [0.15, 0.2) is 29.2 Å². The van der Waals surface area contributed by atoms with Crippen molar-refractivity contribution in [2.24, 2.45) is 0 Å². The maximum absolute atomic E-state index is 13.4. The quantitative estimate of drug-likeness (QED) is 0.707. The van der Waals surface area contributed by atoms with Crippen LogP contribution < -0.4 is 0 Å². The summed E-state index contributed by atoms with van der Waals surface area (Å²) in [6.45, 7) is 1.97. The van der Waals surface area contributed by atoms with Crippen molar-refractivity contribution in [3.8, 4) is 11.5 Å². The first kappa shape index (κ1) is 20.4. The number of aromatic hydroxyl groups is 2. The Bertz CT molecular complexity index is 1060. The van der Waals surface area contributed by atoms with Gasteiger partial charge in [0.25, 0.3) is 0 Å². The van der Waals surface area contributed by atoms with Crippen LogP contribution in [0.2, 0.25) is 5.02 Å². The van der Waals surface area contributed by atoms with Crippen LogP contribution in [-0.2, 0) is 34.4 Å². The molecule has 0 unspecified atom stereocenters. The number of phenolic OH excluding ortho intramolecular Hbond substituents is 2. The van der Waals surface area contributed by atoms with Crippen molar-refractivity contribution >= 4 is 21.6 Å². The molecule has 2 aromatic rings. The second-order valence-corrected chi connectivity index (χ2v) is 9.42. The number of sulfonamides is 1. The lowest BCUT2D eigenvalue weighted by Crippen LogP contribution is -2.41. The van der Waals surface area contributed by atoms with Crippen LogP contribution in [0.1, 0.15) is 16.7 Å². The average Bonchev–Trinajstić information content (AvgIpc) is 3.12. The second-order valence-electron chi connectivity index (χ2n) is 7.11. The van der Waals surface area contributed by atoms with Crippen molar-refractivity contribution in [1.82, 2.24) is 9.21 Å². The fraction of sp³-hybridized carbons (Fsp3) is 0.368. The van der Waals surface area contributed by atoms with E-state index in [2.05, 4.69) is 0 Å². The van der Waals surface area contributed by atoms with Gasteiger partial charge in [0.05, 0.1) is 23.1 Å². The van der Waals surface area contributed by atoms with Gasteiger partial charge in [-0.15, -0.1) is 0 Å². The standard InChI is InChI=1S/C19H20ClFN2O5S/c20-15-7-12(1-2-16(15)21)9-22-10-13-14(11-22)19(25)17(24)8-18(13)29(26,27)23-3-5-28-6-4-23/h1-2,7-8,24-25H,3-6,9-11H2. The lowest BCUT2D eigenvalue weighted by Gasteiger charge is -2.27. The Morgan fingerprint density at radius 3 is 2.48 bits per heavy atom. The molecule has 0 saturated carbocycles. The molecule has 7 nitrogen and oxygen atoms in total. The lowest BCUT2D eigenvalue weighted by molar-refractivity contribution is 0.0730. The van der Waals surface area contributed by atoms with Crippen molar-refractivity contribution < 1.29 is 27.8 Å². The molecule has 2 aliphatic heterocycles. The van der Waals surface area contributed by atoms with Crippen molar-refractivity contribution in [2.45, 2.75) is 24.5 Å². The largest absolute Gasteiger partial charge is 0.504 e. The van der Waals surface area contributed by atoms with Crippen LogP contribution in [0.3, 0.4) is 0 Å². The normalized spacial score (nSPS) is 18.1. The SMILES string of the molecule is O=S(=O)(c1cc(O)c(O)c2c1CN(Cc1ccc(F)c(Cl)c1)C2)N1CCOCC1. The van der Waals surface area contributed by atoms with Crippen molar-refractivity contribution in [1.29, 1.82) is 0 Å². The summed E-state index contributed by atoms with van der Waals surface area (Å²) in [5.74, 6) is -1.30. The zero-order valence-electron chi connectivity index (χ0n) is 15.4. The molecule has 4 rings (SSSR count). The molecule has 0 aliphatic carbocycles. The molecule has 0 amide bonds. The summed E-state index contributed by atoms with van der Waals surface area (Å²) in [7, 11) is -3.85. The van der Waals surface area contributed by atoms with Crippen molar-refractivity contribution in [3.05, 3.63) is 51.8 Å². The van der Waals surface area contributed by atoms with E-state index in [1.807, 2.05) is 4.90 Å². The monoisotopic (exact) mass is 442 g/mol. The van der Waals surface area contributed by atoms with Crippen molar-refractivity contribution in [2.75, 3.05) is 26.3 Å². The van der Waals surface area contributed by atoms with E-state index in [0.29, 0.717) is 30.9 Å². The van der Waals surface area contributed by atoms with Crippen LogP contribution in [0.25, 0.3) is 0 Å². The molecule has 29 heavy (non-hydrogen) atoms. The highest BCUT2D eigenvalue weighted by atomic mass is 35.5. The average molecular weight is 443 g/mol. The molecular formula is C19H20ClFN2O5S. The topological polar surface area (TPSA) is 90.3 Å². The number of ether oxygens (including phenoxy) is 1. The molecule has 2 N–H and O–H groups in total. The highest BCUT2D eigenvalue weighted by Crippen LogP contribution is 2.42. The molecule has 0 bridgehead atoms. The Balaban J connectivity index is 1.66. The summed E-state index contributed by atoms with van der Waals surface area (Å²) in [5, 5.41) is 20.5. The Morgan fingerprint density at radius 2 is 1.79 bits per heavy atom. The molecule has 1 saturated heterocycles. The van der Waals surface area contributed by atoms with Crippen LogP contribution >= 0.6 is 11.6 Å². The molecule has 0 atom stereocenters. The lowest BCUT2D eigenvalue weighted by atomic mass is 10.1. The number of morpholine rings is 1. The smallest absolute Gasteiger partial charge is 0.243 e. The van der Waals surface area contributed by atoms with E-state index in [1.165, 1.54) is 16.4 Å². The molecule has 2 heterocycles. The number of fused-ring (bicyclic) bond motifs is 1. The highest BCUT2D eigenvalue weighted by molar-refractivity contribution is 7.89. The number of halogens is 2. The minimum absolute atomic E-state index is 0.00953. The number of phenols is 2. The van der Waals surface area contributed by atoms with E-state index in [4.69, 9.17) is 16.3 Å². The summed E-state index contributed by atoms with van der Waals surface area (Å²) in [6.07, 6.45) is 0. The third kappa shape index (κ3) is 3.80. The van der Waals surface area contributed by atoms with Gasteiger partial charge in [-0.25, -0.2) is 12.8 Å². The number of hydrogen-bond acceptors (Lipinski definition) is 6. The Kier molecular flexibility index (Phi) is 5.43. The van der Waals surface area contributed by atoms with Crippen LogP contribution in [0, 0.1) is 5.82 Å². The Labute approximate surface area is 172 Å². The summed E-state index contributed by atoms with van der Waals surface area (Å²) < 4.78 is 46.3. The summed E-state index contributed by atoms with van der Waals surface area (Å²) in [4.78, 5) is 1.88. The predicted octanol–water partition coefficient (Wildman–Crippen LogP) is 2.43. The molecule has 10 heteroatoms. The van der Waals surface area contributed by atoms with E-state index < -0.39 is 21.6 Å². The molecule has 156 valence electrons. The van der Waals surface area contributed by atoms with Crippen LogP contribution in [0.5, 0.6) is 11.5 Å². The van der Waals surface area contributed by atoms with Gasteiger partial charge in [0.2, 0.25) is 10.0 Å². The Hall–Kier alpha value is -1.91.